The normalized spacial score (nSPS) is 15.3. The molecule has 26 heavy (non-hydrogen) atoms. The molecule has 2 aromatic carbocycles. The summed E-state index contributed by atoms with van der Waals surface area (Å²) in [6, 6.07) is 13.2. The summed E-state index contributed by atoms with van der Waals surface area (Å²) in [5.41, 5.74) is 1.58. The average molecular weight is 369 g/mol. The number of nitrogens with zero attached hydrogens (tertiary/aromatic N) is 2. The van der Waals surface area contributed by atoms with Crippen molar-refractivity contribution in [2.24, 2.45) is 7.05 Å². The number of sulfonamides is 1. The van der Waals surface area contributed by atoms with E-state index in [-0.39, 0.29) is 10.5 Å². The number of carbonyl (C=O) groups excluding carboxylic acids is 2. The quantitative estimate of drug-likeness (QED) is 0.764. The Hall–Kier alpha value is -3.13. The van der Waals surface area contributed by atoms with E-state index in [1.807, 2.05) is 29.9 Å². The SMILES string of the molecule is Cn1ccc2c(NC(=O)CN3C(=O)c4ccccc4S3(=O)=O)cccc21. The van der Waals surface area contributed by atoms with Crippen LogP contribution in [0.4, 0.5) is 5.69 Å². The van der Waals surface area contributed by atoms with Crippen LogP contribution in [0.5, 0.6) is 0 Å². The van der Waals surface area contributed by atoms with E-state index >= 15 is 0 Å². The second kappa shape index (κ2) is 5.70. The summed E-state index contributed by atoms with van der Waals surface area (Å²) in [7, 11) is -2.11. The molecule has 0 radical (unpaired) electrons. The second-order valence-corrected chi connectivity index (χ2v) is 7.86. The first-order valence-corrected chi connectivity index (χ1v) is 9.33. The van der Waals surface area contributed by atoms with Crippen molar-refractivity contribution in [2.75, 3.05) is 11.9 Å². The Kier molecular flexibility index (Phi) is 3.58. The highest BCUT2D eigenvalue weighted by atomic mass is 32.2. The second-order valence-electron chi connectivity index (χ2n) is 6.03. The Labute approximate surface area is 149 Å². The largest absolute Gasteiger partial charge is 0.350 e. The van der Waals surface area contributed by atoms with Crippen LogP contribution in [0.2, 0.25) is 0 Å². The molecule has 0 spiro atoms. The van der Waals surface area contributed by atoms with Crippen molar-refractivity contribution < 1.29 is 18.0 Å². The molecule has 2 amide bonds. The molecule has 1 aliphatic heterocycles. The van der Waals surface area contributed by atoms with Crippen LogP contribution in [0.15, 0.2) is 59.6 Å². The highest BCUT2D eigenvalue weighted by Crippen LogP contribution is 2.30. The maximum atomic E-state index is 12.5. The number of nitrogens with one attached hydrogen (secondary N) is 1. The lowest BCUT2D eigenvalue weighted by Crippen LogP contribution is -2.37. The summed E-state index contributed by atoms with van der Waals surface area (Å²) in [4.78, 5) is 24.7. The molecule has 0 saturated heterocycles. The highest BCUT2D eigenvalue weighted by Gasteiger charge is 2.41. The summed E-state index contributed by atoms with van der Waals surface area (Å²) in [6.07, 6.45) is 1.87. The number of rotatable bonds is 3. The molecule has 0 saturated carbocycles. The van der Waals surface area contributed by atoms with Gasteiger partial charge in [-0.2, -0.15) is 0 Å². The molecule has 132 valence electrons. The highest BCUT2D eigenvalue weighted by molar-refractivity contribution is 7.90. The summed E-state index contributed by atoms with van der Waals surface area (Å²) in [5, 5.41) is 3.54. The first kappa shape index (κ1) is 16.3. The molecule has 3 aromatic rings. The van der Waals surface area contributed by atoms with Gasteiger partial charge in [0.25, 0.3) is 15.9 Å². The van der Waals surface area contributed by atoms with E-state index in [2.05, 4.69) is 5.32 Å². The van der Waals surface area contributed by atoms with E-state index in [9.17, 15) is 18.0 Å². The van der Waals surface area contributed by atoms with Crippen LogP contribution in [-0.2, 0) is 21.9 Å². The molecular formula is C18H15N3O4S. The van der Waals surface area contributed by atoms with Gasteiger partial charge < -0.3 is 9.88 Å². The van der Waals surface area contributed by atoms with Crippen molar-refractivity contribution in [3.63, 3.8) is 0 Å². The third-order valence-electron chi connectivity index (χ3n) is 4.40. The lowest BCUT2D eigenvalue weighted by molar-refractivity contribution is -0.116. The van der Waals surface area contributed by atoms with Gasteiger partial charge in [0.2, 0.25) is 5.91 Å². The third kappa shape index (κ3) is 2.38. The lowest BCUT2D eigenvalue weighted by atomic mass is 10.2. The van der Waals surface area contributed by atoms with Gasteiger partial charge in [0.15, 0.2) is 0 Å². The molecule has 0 unspecified atom stereocenters. The van der Waals surface area contributed by atoms with E-state index in [4.69, 9.17) is 0 Å². The molecule has 8 heteroatoms. The molecule has 4 rings (SSSR count). The Balaban J connectivity index is 1.60. The standard InChI is InChI=1S/C18H15N3O4S/c1-20-10-9-12-14(6-4-7-15(12)20)19-17(22)11-21-18(23)13-5-2-3-8-16(13)26(21,24)25/h2-10H,11H2,1H3,(H,19,22). The molecule has 0 aliphatic carbocycles. The number of aryl methyl sites for hydroxylation is 1. The van der Waals surface area contributed by atoms with Crippen molar-refractivity contribution in [3.05, 3.63) is 60.3 Å². The van der Waals surface area contributed by atoms with Gasteiger partial charge in [-0.1, -0.05) is 18.2 Å². The van der Waals surface area contributed by atoms with Crippen molar-refractivity contribution in [2.45, 2.75) is 4.90 Å². The topological polar surface area (TPSA) is 88.5 Å². The zero-order valence-corrected chi connectivity index (χ0v) is 14.7. The Morgan fingerprint density at radius 3 is 2.62 bits per heavy atom. The minimum absolute atomic E-state index is 0.0667. The summed E-state index contributed by atoms with van der Waals surface area (Å²) >= 11 is 0. The maximum Gasteiger partial charge on any atom is 0.269 e. The first-order chi connectivity index (χ1) is 12.4. The van der Waals surface area contributed by atoms with Gasteiger partial charge in [-0.15, -0.1) is 0 Å². The van der Waals surface area contributed by atoms with E-state index in [1.54, 1.807) is 24.3 Å². The number of carbonyl (C=O) groups is 2. The number of hydrogen-bond donors (Lipinski definition) is 1. The number of aromatic nitrogens is 1. The molecule has 0 bridgehead atoms. The molecule has 0 atom stereocenters. The van der Waals surface area contributed by atoms with Gasteiger partial charge in [0.05, 0.1) is 11.3 Å². The van der Waals surface area contributed by atoms with Gasteiger partial charge in [0.1, 0.15) is 11.4 Å². The van der Waals surface area contributed by atoms with Gasteiger partial charge in [-0.05, 0) is 30.3 Å². The number of amides is 2. The first-order valence-electron chi connectivity index (χ1n) is 7.89. The minimum atomic E-state index is -4.00. The third-order valence-corrected chi connectivity index (χ3v) is 6.19. The smallest absolute Gasteiger partial charge is 0.269 e. The van der Waals surface area contributed by atoms with Crippen LogP contribution >= 0.6 is 0 Å². The fraction of sp³-hybridized carbons (Fsp3) is 0.111. The van der Waals surface area contributed by atoms with Gasteiger partial charge in [-0.25, -0.2) is 12.7 Å². The van der Waals surface area contributed by atoms with Crippen LogP contribution in [-0.4, -0.2) is 35.6 Å². The summed E-state index contributed by atoms with van der Waals surface area (Å²) in [5.74, 6) is -1.26. The molecule has 7 nitrogen and oxygen atoms in total. The predicted octanol–water partition coefficient (Wildman–Crippen LogP) is 1.96. The van der Waals surface area contributed by atoms with Crippen molar-refractivity contribution in [1.82, 2.24) is 8.87 Å². The number of hydrogen-bond acceptors (Lipinski definition) is 4. The number of benzene rings is 2. The fourth-order valence-corrected chi connectivity index (χ4v) is 4.64. The van der Waals surface area contributed by atoms with Gasteiger partial charge in [0, 0.05) is 24.1 Å². The lowest BCUT2D eigenvalue weighted by Gasteiger charge is -2.15. The Morgan fingerprint density at radius 1 is 1.08 bits per heavy atom. The molecule has 1 aliphatic rings. The van der Waals surface area contributed by atoms with Crippen LogP contribution in [0.25, 0.3) is 10.9 Å². The molecule has 0 fully saturated rings. The van der Waals surface area contributed by atoms with E-state index < -0.39 is 28.4 Å². The van der Waals surface area contributed by atoms with Crippen molar-refractivity contribution in [3.8, 4) is 0 Å². The number of fused-ring (bicyclic) bond motifs is 2. The van der Waals surface area contributed by atoms with Crippen LogP contribution in [0.1, 0.15) is 10.4 Å². The maximum absolute atomic E-state index is 12.5. The Morgan fingerprint density at radius 2 is 1.85 bits per heavy atom. The molecule has 1 aromatic heterocycles. The van der Waals surface area contributed by atoms with Crippen molar-refractivity contribution >= 4 is 38.4 Å². The molecular weight excluding hydrogens is 354 g/mol. The van der Waals surface area contributed by atoms with E-state index in [0.29, 0.717) is 9.99 Å². The summed E-state index contributed by atoms with van der Waals surface area (Å²) < 4.78 is 27.6. The van der Waals surface area contributed by atoms with Crippen LogP contribution in [0, 0.1) is 0 Å². The predicted molar refractivity (Wildman–Crippen MR) is 96.2 cm³/mol. The Bertz CT molecular complexity index is 1160. The van der Waals surface area contributed by atoms with Crippen LogP contribution < -0.4 is 5.32 Å². The fourth-order valence-electron chi connectivity index (χ4n) is 3.12. The zero-order valence-electron chi connectivity index (χ0n) is 13.8. The van der Waals surface area contributed by atoms with Gasteiger partial charge >= 0.3 is 0 Å². The average Bonchev–Trinajstić information content (AvgIpc) is 3.08. The van der Waals surface area contributed by atoms with Crippen molar-refractivity contribution in [1.29, 1.82) is 0 Å². The van der Waals surface area contributed by atoms with Gasteiger partial charge in [-0.3, -0.25) is 9.59 Å². The zero-order chi connectivity index (χ0) is 18.5. The number of anilines is 1. The van der Waals surface area contributed by atoms with E-state index in [1.165, 1.54) is 12.1 Å². The minimum Gasteiger partial charge on any atom is -0.350 e. The molecule has 1 N–H and O–H groups in total. The van der Waals surface area contributed by atoms with Crippen LogP contribution in [0.3, 0.4) is 0 Å². The monoisotopic (exact) mass is 369 g/mol. The van der Waals surface area contributed by atoms with E-state index in [0.717, 1.165) is 10.9 Å². The summed E-state index contributed by atoms with van der Waals surface area (Å²) in [6.45, 7) is -0.570. The molecule has 2 heterocycles.